The zero-order chi connectivity index (χ0) is 17.9. The van der Waals surface area contributed by atoms with E-state index < -0.39 is 17.6 Å². The molecule has 0 radical (unpaired) electrons. The maximum absolute atomic E-state index is 12.6. The van der Waals surface area contributed by atoms with Crippen molar-refractivity contribution in [3.05, 3.63) is 47.8 Å². The Balaban J connectivity index is 1.70. The monoisotopic (exact) mass is 352 g/mol. The van der Waals surface area contributed by atoms with Crippen LogP contribution in [-0.2, 0) is 10.9 Å². The maximum atomic E-state index is 12.6. The van der Waals surface area contributed by atoms with Gasteiger partial charge in [-0.3, -0.25) is 4.79 Å². The van der Waals surface area contributed by atoms with Crippen LogP contribution in [0.25, 0.3) is 0 Å². The fraction of sp³-hybridized carbons (Fsp3) is 0.312. The number of hydrogen-bond donors (Lipinski definition) is 1. The lowest BCUT2D eigenvalue weighted by molar-refractivity contribution is -0.137. The molecule has 3 rings (SSSR count). The van der Waals surface area contributed by atoms with Gasteiger partial charge in [0.05, 0.1) is 18.8 Å². The highest BCUT2D eigenvalue weighted by atomic mass is 19.4. The first-order chi connectivity index (χ1) is 11.9. The van der Waals surface area contributed by atoms with Gasteiger partial charge in [-0.2, -0.15) is 13.2 Å². The van der Waals surface area contributed by atoms with Crippen LogP contribution >= 0.6 is 0 Å². The molecule has 1 saturated heterocycles. The summed E-state index contributed by atoms with van der Waals surface area (Å²) in [5.74, 6) is -0.0972. The number of alkyl halides is 3. The Bertz CT molecular complexity index is 744. The van der Waals surface area contributed by atoms with Gasteiger partial charge >= 0.3 is 6.18 Å². The average molecular weight is 352 g/mol. The number of rotatable bonds is 3. The molecule has 1 N–H and O–H groups in total. The summed E-state index contributed by atoms with van der Waals surface area (Å²) in [5, 5.41) is 2.53. The summed E-state index contributed by atoms with van der Waals surface area (Å²) in [6, 6.07) is 5.67. The predicted molar refractivity (Wildman–Crippen MR) is 84.5 cm³/mol. The molecule has 0 spiro atoms. The third kappa shape index (κ3) is 4.24. The summed E-state index contributed by atoms with van der Waals surface area (Å²) in [4.78, 5) is 22.5. The van der Waals surface area contributed by atoms with Gasteiger partial charge in [-0.1, -0.05) is 0 Å². The van der Waals surface area contributed by atoms with Crippen molar-refractivity contribution >= 4 is 17.5 Å². The van der Waals surface area contributed by atoms with Crippen LogP contribution in [-0.4, -0.2) is 42.2 Å². The molecule has 0 saturated carbocycles. The van der Waals surface area contributed by atoms with Crippen LogP contribution in [0.2, 0.25) is 0 Å². The smallest absolute Gasteiger partial charge is 0.378 e. The van der Waals surface area contributed by atoms with Crippen molar-refractivity contribution in [3.63, 3.8) is 0 Å². The van der Waals surface area contributed by atoms with Gasteiger partial charge in [0, 0.05) is 25.0 Å². The number of carbonyl (C=O) groups is 1. The van der Waals surface area contributed by atoms with E-state index in [-0.39, 0.29) is 11.4 Å². The molecule has 1 fully saturated rings. The lowest BCUT2D eigenvalue weighted by Gasteiger charge is -2.26. The van der Waals surface area contributed by atoms with E-state index in [0.717, 1.165) is 12.1 Å². The Morgan fingerprint density at radius 2 is 1.80 bits per heavy atom. The summed E-state index contributed by atoms with van der Waals surface area (Å²) in [5.41, 5.74) is -0.386. The van der Waals surface area contributed by atoms with Gasteiger partial charge in [0.2, 0.25) is 5.95 Å². The maximum Gasteiger partial charge on any atom is 0.416 e. The van der Waals surface area contributed by atoms with Gasteiger partial charge in [-0.15, -0.1) is 0 Å². The number of carbonyl (C=O) groups excluding carboxylic acids is 1. The third-order valence-corrected chi connectivity index (χ3v) is 3.64. The zero-order valence-electron chi connectivity index (χ0n) is 13.1. The Labute approximate surface area is 141 Å². The summed E-state index contributed by atoms with van der Waals surface area (Å²) in [7, 11) is 0. The minimum atomic E-state index is -4.41. The Morgan fingerprint density at radius 1 is 1.12 bits per heavy atom. The number of aromatic nitrogens is 2. The van der Waals surface area contributed by atoms with Crippen LogP contribution in [0.15, 0.2) is 36.5 Å². The normalized spacial score (nSPS) is 15.1. The first-order valence-electron chi connectivity index (χ1n) is 7.58. The molecular formula is C16H15F3N4O2. The molecule has 0 aliphatic carbocycles. The van der Waals surface area contributed by atoms with Gasteiger partial charge in [-0.05, 0) is 30.3 Å². The van der Waals surface area contributed by atoms with Crippen molar-refractivity contribution in [2.75, 3.05) is 36.5 Å². The van der Waals surface area contributed by atoms with Crippen molar-refractivity contribution < 1.29 is 22.7 Å². The molecule has 25 heavy (non-hydrogen) atoms. The van der Waals surface area contributed by atoms with E-state index in [4.69, 9.17) is 4.74 Å². The van der Waals surface area contributed by atoms with E-state index in [1.807, 2.05) is 4.90 Å². The second-order valence-corrected chi connectivity index (χ2v) is 5.37. The van der Waals surface area contributed by atoms with Crippen LogP contribution in [0.5, 0.6) is 0 Å². The standard InChI is InChI=1S/C16H15F3N4O2/c17-16(18,19)11-1-3-12(4-2-11)21-14(24)13-5-6-20-15(22-13)23-7-9-25-10-8-23/h1-6H,7-10H2,(H,21,24). The fourth-order valence-corrected chi connectivity index (χ4v) is 2.33. The molecule has 0 bridgehead atoms. The van der Waals surface area contributed by atoms with Gasteiger partial charge in [0.1, 0.15) is 5.69 Å². The predicted octanol–water partition coefficient (Wildman–Crippen LogP) is 2.58. The number of ether oxygens (including phenoxy) is 1. The third-order valence-electron chi connectivity index (χ3n) is 3.64. The van der Waals surface area contributed by atoms with Gasteiger partial charge in [0.25, 0.3) is 5.91 Å². The van der Waals surface area contributed by atoms with Crippen LogP contribution in [0.3, 0.4) is 0 Å². The van der Waals surface area contributed by atoms with Crippen molar-refractivity contribution in [2.45, 2.75) is 6.18 Å². The number of hydrogen-bond acceptors (Lipinski definition) is 5. The van der Waals surface area contributed by atoms with Crippen molar-refractivity contribution in [1.82, 2.24) is 9.97 Å². The summed E-state index contributed by atoms with van der Waals surface area (Å²) in [6.07, 6.45) is -2.94. The number of morpholine rings is 1. The zero-order valence-corrected chi connectivity index (χ0v) is 13.1. The number of benzene rings is 1. The number of nitrogens with zero attached hydrogens (tertiary/aromatic N) is 3. The number of anilines is 2. The molecule has 2 aromatic rings. The first kappa shape index (κ1) is 17.2. The molecule has 9 heteroatoms. The molecule has 0 unspecified atom stereocenters. The second kappa shape index (κ2) is 7.06. The second-order valence-electron chi connectivity index (χ2n) is 5.37. The van der Waals surface area contributed by atoms with Crippen molar-refractivity contribution in [1.29, 1.82) is 0 Å². The fourth-order valence-electron chi connectivity index (χ4n) is 2.33. The number of amides is 1. The Hall–Kier alpha value is -2.68. The molecule has 1 aromatic heterocycles. The van der Waals surface area contributed by atoms with Crippen LogP contribution in [0, 0.1) is 0 Å². The lowest BCUT2D eigenvalue weighted by atomic mass is 10.2. The summed E-state index contributed by atoms with van der Waals surface area (Å²) in [6.45, 7) is 2.38. The highest BCUT2D eigenvalue weighted by molar-refractivity contribution is 6.02. The topological polar surface area (TPSA) is 67.4 Å². The van der Waals surface area contributed by atoms with Crippen molar-refractivity contribution in [3.8, 4) is 0 Å². The van der Waals surface area contributed by atoms with E-state index >= 15 is 0 Å². The SMILES string of the molecule is O=C(Nc1ccc(C(F)(F)F)cc1)c1ccnc(N2CCOCC2)n1. The van der Waals surface area contributed by atoms with E-state index in [1.54, 1.807) is 0 Å². The number of nitrogens with one attached hydrogen (secondary N) is 1. The van der Waals surface area contributed by atoms with Gasteiger partial charge < -0.3 is 15.0 Å². The van der Waals surface area contributed by atoms with Crippen LogP contribution in [0.1, 0.15) is 16.1 Å². The molecule has 1 aliphatic heterocycles. The minimum absolute atomic E-state index is 0.136. The largest absolute Gasteiger partial charge is 0.416 e. The highest BCUT2D eigenvalue weighted by Gasteiger charge is 2.30. The van der Waals surface area contributed by atoms with Crippen molar-refractivity contribution in [2.24, 2.45) is 0 Å². The molecule has 132 valence electrons. The number of halogens is 3. The first-order valence-corrected chi connectivity index (χ1v) is 7.58. The van der Waals surface area contributed by atoms with E-state index in [1.165, 1.54) is 24.4 Å². The molecule has 0 atom stereocenters. The van der Waals surface area contributed by atoms with Gasteiger partial charge in [0.15, 0.2) is 0 Å². The molecule has 2 heterocycles. The molecule has 1 aromatic carbocycles. The average Bonchev–Trinajstić information content (AvgIpc) is 2.62. The van der Waals surface area contributed by atoms with E-state index in [0.29, 0.717) is 32.3 Å². The quantitative estimate of drug-likeness (QED) is 0.920. The van der Waals surface area contributed by atoms with Crippen LogP contribution in [0.4, 0.5) is 24.8 Å². The van der Waals surface area contributed by atoms with E-state index in [2.05, 4.69) is 15.3 Å². The Morgan fingerprint density at radius 3 is 2.44 bits per heavy atom. The minimum Gasteiger partial charge on any atom is -0.378 e. The van der Waals surface area contributed by atoms with Crippen LogP contribution < -0.4 is 10.2 Å². The molecule has 1 aliphatic rings. The highest BCUT2D eigenvalue weighted by Crippen LogP contribution is 2.29. The molecular weight excluding hydrogens is 337 g/mol. The lowest BCUT2D eigenvalue weighted by Crippen LogP contribution is -2.37. The molecule has 1 amide bonds. The molecule has 6 nitrogen and oxygen atoms in total. The van der Waals surface area contributed by atoms with Gasteiger partial charge in [-0.25, -0.2) is 9.97 Å². The summed E-state index contributed by atoms with van der Waals surface area (Å²) < 4.78 is 42.9. The Kier molecular flexibility index (Phi) is 4.84. The summed E-state index contributed by atoms with van der Waals surface area (Å²) >= 11 is 0. The van der Waals surface area contributed by atoms with E-state index in [9.17, 15) is 18.0 Å².